The maximum atomic E-state index is 4.48. The molecule has 1 heterocycles. The molecule has 22 heavy (non-hydrogen) atoms. The molecule has 0 aliphatic heterocycles. The number of aryl methyl sites for hydroxylation is 2. The monoisotopic (exact) mass is 325 g/mol. The highest BCUT2D eigenvalue weighted by molar-refractivity contribution is 7.98. The molecule has 0 amide bonds. The summed E-state index contributed by atoms with van der Waals surface area (Å²) in [6.07, 6.45) is 5.53. The first-order chi connectivity index (χ1) is 10.5. The predicted octanol–water partition coefficient (Wildman–Crippen LogP) is 2.28. The molecular weight excluding hydrogens is 294 g/mol. The Morgan fingerprint density at radius 2 is 2.09 bits per heavy atom. The Labute approximate surface area is 139 Å². The number of guanidine groups is 1. The van der Waals surface area contributed by atoms with Crippen LogP contribution in [0.25, 0.3) is 0 Å². The van der Waals surface area contributed by atoms with Crippen LogP contribution < -0.4 is 10.6 Å². The van der Waals surface area contributed by atoms with E-state index in [9.17, 15) is 0 Å². The topological polar surface area (TPSA) is 54.2 Å². The molecule has 0 aliphatic carbocycles. The van der Waals surface area contributed by atoms with Gasteiger partial charge in [0.2, 0.25) is 0 Å². The average molecular weight is 326 g/mol. The summed E-state index contributed by atoms with van der Waals surface area (Å²) in [5.74, 6) is 2.11. The Morgan fingerprint density at radius 1 is 1.36 bits per heavy atom. The Morgan fingerprint density at radius 3 is 2.64 bits per heavy atom. The molecule has 1 rings (SSSR count). The first kappa shape index (κ1) is 18.9. The Kier molecular flexibility index (Phi) is 8.38. The summed E-state index contributed by atoms with van der Waals surface area (Å²) in [6, 6.07) is 0.319. The fraction of sp³-hybridized carbons (Fsp3) is 0.750. The summed E-state index contributed by atoms with van der Waals surface area (Å²) in [5, 5.41) is 11.3. The Hall–Kier alpha value is -1.17. The molecule has 0 saturated heterocycles. The molecule has 0 aliphatic rings. The number of hydrogen-bond acceptors (Lipinski definition) is 3. The maximum Gasteiger partial charge on any atom is 0.191 e. The van der Waals surface area contributed by atoms with Gasteiger partial charge in [-0.05, 0) is 57.6 Å². The third-order valence-corrected chi connectivity index (χ3v) is 4.54. The molecule has 1 aromatic heterocycles. The summed E-state index contributed by atoms with van der Waals surface area (Å²) in [5.41, 5.74) is 3.69. The van der Waals surface area contributed by atoms with Crippen molar-refractivity contribution in [2.24, 2.45) is 12.0 Å². The lowest BCUT2D eigenvalue weighted by Crippen LogP contribution is -2.43. The van der Waals surface area contributed by atoms with Crippen LogP contribution in [0.3, 0.4) is 0 Å². The van der Waals surface area contributed by atoms with E-state index in [1.807, 2.05) is 30.5 Å². The Bertz CT molecular complexity index is 481. The maximum absolute atomic E-state index is 4.48. The molecular formula is C16H31N5S. The molecule has 126 valence electrons. The summed E-state index contributed by atoms with van der Waals surface area (Å²) >= 11 is 1.90. The quantitative estimate of drug-likeness (QED) is 0.437. The van der Waals surface area contributed by atoms with Crippen LogP contribution in [0.1, 0.15) is 36.7 Å². The van der Waals surface area contributed by atoms with Crippen LogP contribution in [-0.4, -0.2) is 47.4 Å². The van der Waals surface area contributed by atoms with Gasteiger partial charge in [-0.2, -0.15) is 16.9 Å². The number of hydrogen-bond donors (Lipinski definition) is 2. The van der Waals surface area contributed by atoms with E-state index in [1.165, 1.54) is 29.9 Å². The van der Waals surface area contributed by atoms with Crippen molar-refractivity contribution in [2.75, 3.05) is 25.6 Å². The highest BCUT2D eigenvalue weighted by Gasteiger charge is 2.13. The van der Waals surface area contributed by atoms with E-state index in [0.717, 1.165) is 24.6 Å². The van der Waals surface area contributed by atoms with E-state index in [0.29, 0.717) is 6.04 Å². The predicted molar refractivity (Wildman–Crippen MR) is 98.0 cm³/mol. The van der Waals surface area contributed by atoms with E-state index in [-0.39, 0.29) is 0 Å². The van der Waals surface area contributed by atoms with Gasteiger partial charge in [0.15, 0.2) is 5.96 Å². The molecule has 6 heteroatoms. The van der Waals surface area contributed by atoms with Crippen LogP contribution in [0, 0.1) is 13.8 Å². The lowest BCUT2D eigenvalue weighted by molar-refractivity contribution is 0.630. The first-order valence-electron chi connectivity index (χ1n) is 7.94. The standard InChI is InChI=1S/C16H31N5S/c1-12(11-15-13(2)20-21(5)14(15)3)19-16(17-4)18-9-7-8-10-22-6/h12H,7-11H2,1-6H3,(H2,17,18,19). The van der Waals surface area contributed by atoms with Gasteiger partial charge in [0.1, 0.15) is 0 Å². The number of aromatic nitrogens is 2. The van der Waals surface area contributed by atoms with E-state index in [4.69, 9.17) is 0 Å². The van der Waals surface area contributed by atoms with E-state index < -0.39 is 0 Å². The van der Waals surface area contributed by atoms with Crippen LogP contribution in [0.2, 0.25) is 0 Å². The van der Waals surface area contributed by atoms with Crippen molar-refractivity contribution in [1.82, 2.24) is 20.4 Å². The number of thioether (sulfide) groups is 1. The van der Waals surface area contributed by atoms with Crippen molar-refractivity contribution in [1.29, 1.82) is 0 Å². The molecule has 5 nitrogen and oxygen atoms in total. The molecule has 0 fully saturated rings. The van der Waals surface area contributed by atoms with E-state index in [2.05, 4.69) is 47.8 Å². The van der Waals surface area contributed by atoms with Gasteiger partial charge in [0.05, 0.1) is 5.69 Å². The van der Waals surface area contributed by atoms with Crippen LogP contribution in [0.4, 0.5) is 0 Å². The SMILES string of the molecule is CN=C(NCCCCSC)NC(C)Cc1c(C)nn(C)c1C. The van der Waals surface area contributed by atoms with Crippen LogP contribution >= 0.6 is 11.8 Å². The third kappa shape index (κ3) is 5.91. The van der Waals surface area contributed by atoms with Gasteiger partial charge in [-0.15, -0.1) is 0 Å². The number of rotatable bonds is 8. The minimum absolute atomic E-state index is 0.319. The van der Waals surface area contributed by atoms with Gasteiger partial charge >= 0.3 is 0 Å². The van der Waals surface area contributed by atoms with Gasteiger partial charge in [0, 0.05) is 32.4 Å². The molecule has 0 bridgehead atoms. The molecule has 0 aromatic carbocycles. The summed E-state index contributed by atoms with van der Waals surface area (Å²) < 4.78 is 1.95. The van der Waals surface area contributed by atoms with Gasteiger partial charge in [0.25, 0.3) is 0 Å². The van der Waals surface area contributed by atoms with Gasteiger partial charge < -0.3 is 10.6 Å². The third-order valence-electron chi connectivity index (χ3n) is 3.84. The largest absolute Gasteiger partial charge is 0.356 e. The average Bonchev–Trinajstić information content (AvgIpc) is 2.72. The fourth-order valence-electron chi connectivity index (χ4n) is 2.48. The van der Waals surface area contributed by atoms with Gasteiger partial charge in [-0.3, -0.25) is 9.67 Å². The molecule has 1 atom stereocenters. The molecule has 0 radical (unpaired) electrons. The fourth-order valence-corrected chi connectivity index (χ4v) is 2.97. The van der Waals surface area contributed by atoms with Crippen molar-refractivity contribution in [3.05, 3.63) is 17.0 Å². The normalized spacial score (nSPS) is 13.3. The minimum Gasteiger partial charge on any atom is -0.356 e. The highest BCUT2D eigenvalue weighted by atomic mass is 32.2. The summed E-state index contributed by atoms with van der Waals surface area (Å²) in [4.78, 5) is 4.31. The lowest BCUT2D eigenvalue weighted by Gasteiger charge is -2.18. The van der Waals surface area contributed by atoms with Crippen molar-refractivity contribution in [2.45, 2.75) is 46.1 Å². The summed E-state index contributed by atoms with van der Waals surface area (Å²) in [6.45, 7) is 7.36. The zero-order valence-electron chi connectivity index (χ0n) is 14.9. The summed E-state index contributed by atoms with van der Waals surface area (Å²) in [7, 11) is 3.82. The zero-order valence-corrected chi connectivity index (χ0v) is 15.7. The second-order valence-corrected chi connectivity index (χ2v) is 6.71. The Balaban J connectivity index is 2.43. The number of nitrogens with zero attached hydrogens (tertiary/aromatic N) is 3. The number of nitrogens with one attached hydrogen (secondary N) is 2. The van der Waals surface area contributed by atoms with Gasteiger partial charge in [-0.25, -0.2) is 0 Å². The van der Waals surface area contributed by atoms with Crippen molar-refractivity contribution < 1.29 is 0 Å². The lowest BCUT2D eigenvalue weighted by atomic mass is 10.1. The van der Waals surface area contributed by atoms with E-state index >= 15 is 0 Å². The number of aliphatic imine (C=N–C) groups is 1. The number of unbranched alkanes of at least 4 members (excludes halogenated alkanes) is 1. The highest BCUT2D eigenvalue weighted by Crippen LogP contribution is 2.14. The second kappa shape index (κ2) is 9.77. The molecule has 1 unspecified atom stereocenters. The molecule has 1 aromatic rings. The molecule has 0 spiro atoms. The van der Waals surface area contributed by atoms with Crippen molar-refractivity contribution in [3.63, 3.8) is 0 Å². The van der Waals surface area contributed by atoms with Crippen LogP contribution in [0.5, 0.6) is 0 Å². The first-order valence-corrected chi connectivity index (χ1v) is 9.34. The van der Waals surface area contributed by atoms with Gasteiger partial charge in [-0.1, -0.05) is 0 Å². The molecule has 2 N–H and O–H groups in total. The van der Waals surface area contributed by atoms with Crippen LogP contribution in [-0.2, 0) is 13.5 Å². The van der Waals surface area contributed by atoms with Crippen LogP contribution in [0.15, 0.2) is 4.99 Å². The smallest absolute Gasteiger partial charge is 0.191 e. The zero-order chi connectivity index (χ0) is 16.5. The van der Waals surface area contributed by atoms with Crippen molar-refractivity contribution in [3.8, 4) is 0 Å². The second-order valence-electron chi connectivity index (χ2n) is 5.72. The van der Waals surface area contributed by atoms with E-state index in [1.54, 1.807) is 0 Å². The minimum atomic E-state index is 0.319. The molecule has 0 saturated carbocycles. The van der Waals surface area contributed by atoms with Crippen molar-refractivity contribution >= 4 is 17.7 Å².